The molecule has 0 saturated carbocycles. The Morgan fingerprint density at radius 3 is 2.48 bits per heavy atom. The number of nitrogens with one attached hydrogen (secondary N) is 1. The molecule has 1 saturated heterocycles. The number of aryl methyl sites for hydroxylation is 1. The average molecular weight is 406 g/mol. The number of halogens is 1. The second-order valence-corrected chi connectivity index (χ2v) is 7.92. The summed E-state index contributed by atoms with van der Waals surface area (Å²) < 4.78 is 13.0. The molecule has 6 heteroatoms. The third kappa shape index (κ3) is 4.17. The normalized spacial score (nSPS) is 16.1. The topological polar surface area (TPSA) is 49.4 Å². The van der Waals surface area contributed by atoms with E-state index in [2.05, 4.69) is 5.32 Å². The van der Waals surface area contributed by atoms with Crippen LogP contribution in [0.2, 0.25) is 0 Å². The number of carbonyl (C=O) groups is 2. The third-order valence-corrected chi connectivity index (χ3v) is 5.92. The van der Waals surface area contributed by atoms with Gasteiger partial charge in [-0.3, -0.25) is 14.5 Å². The number of thioether (sulfide) groups is 1. The quantitative estimate of drug-likeness (QED) is 0.651. The van der Waals surface area contributed by atoms with Crippen molar-refractivity contribution in [2.45, 2.75) is 12.3 Å². The lowest BCUT2D eigenvalue weighted by Gasteiger charge is -2.25. The van der Waals surface area contributed by atoms with E-state index in [4.69, 9.17) is 0 Å². The molecule has 4 nitrogen and oxygen atoms in total. The highest BCUT2D eigenvalue weighted by atomic mass is 32.2. The minimum atomic E-state index is -0.382. The number of carbonyl (C=O) groups excluding carboxylic acids is 2. The maximum Gasteiger partial charge on any atom is 0.255 e. The second-order valence-electron chi connectivity index (χ2n) is 6.85. The zero-order valence-electron chi connectivity index (χ0n) is 15.8. The number of amides is 2. The van der Waals surface area contributed by atoms with Gasteiger partial charge in [0.1, 0.15) is 11.2 Å². The molecule has 4 rings (SSSR count). The Hall–Kier alpha value is -3.12. The molecular weight excluding hydrogens is 387 g/mol. The highest BCUT2D eigenvalue weighted by Gasteiger charge is 2.34. The summed E-state index contributed by atoms with van der Waals surface area (Å²) in [7, 11) is 0. The molecule has 1 aliphatic heterocycles. The Kier molecular flexibility index (Phi) is 5.36. The molecule has 0 radical (unpaired) electrons. The van der Waals surface area contributed by atoms with Crippen molar-refractivity contribution < 1.29 is 14.0 Å². The van der Waals surface area contributed by atoms with Gasteiger partial charge in [0.2, 0.25) is 5.91 Å². The van der Waals surface area contributed by atoms with E-state index < -0.39 is 0 Å². The number of rotatable bonds is 4. The first-order chi connectivity index (χ1) is 14.0. The van der Waals surface area contributed by atoms with Crippen LogP contribution in [0, 0.1) is 12.7 Å². The lowest BCUT2D eigenvalue weighted by atomic mass is 10.1. The Bertz CT molecular complexity index is 1050. The molecule has 0 aliphatic carbocycles. The average Bonchev–Trinajstić information content (AvgIpc) is 3.10. The molecule has 1 atom stereocenters. The summed E-state index contributed by atoms with van der Waals surface area (Å²) in [6.45, 7) is 2.00. The van der Waals surface area contributed by atoms with Gasteiger partial charge in [0, 0.05) is 16.9 Å². The zero-order chi connectivity index (χ0) is 20.4. The second kappa shape index (κ2) is 8.09. The van der Waals surface area contributed by atoms with Crippen LogP contribution in [0.3, 0.4) is 0 Å². The molecule has 0 bridgehead atoms. The molecule has 2 amide bonds. The summed E-state index contributed by atoms with van der Waals surface area (Å²) in [6, 6.07) is 20.8. The van der Waals surface area contributed by atoms with Crippen molar-refractivity contribution in [2.75, 3.05) is 16.0 Å². The van der Waals surface area contributed by atoms with Crippen molar-refractivity contribution in [2.24, 2.45) is 0 Å². The summed E-state index contributed by atoms with van der Waals surface area (Å²) in [5, 5.41) is 2.70. The van der Waals surface area contributed by atoms with Gasteiger partial charge in [0.15, 0.2) is 0 Å². The molecule has 1 aliphatic rings. The number of hydrogen-bond acceptors (Lipinski definition) is 3. The molecule has 0 unspecified atom stereocenters. The van der Waals surface area contributed by atoms with Crippen LogP contribution in [0.1, 0.15) is 26.9 Å². The maximum absolute atomic E-state index is 13.0. The van der Waals surface area contributed by atoms with Crippen molar-refractivity contribution in [3.05, 3.63) is 95.3 Å². The van der Waals surface area contributed by atoms with E-state index in [1.54, 1.807) is 11.8 Å². The number of benzene rings is 3. The number of nitrogens with zero attached hydrogens (tertiary/aromatic N) is 1. The molecule has 29 heavy (non-hydrogen) atoms. The van der Waals surface area contributed by atoms with Gasteiger partial charge in [0.25, 0.3) is 5.91 Å². The highest BCUT2D eigenvalue weighted by molar-refractivity contribution is 8.00. The van der Waals surface area contributed by atoms with Crippen LogP contribution in [0.15, 0.2) is 72.8 Å². The SMILES string of the molecule is Cc1cccc(N2C(=O)CS[C@H]2c2ccc(NC(=O)c3ccc(F)cc3)cc2)c1. The number of hydrogen-bond donors (Lipinski definition) is 1. The van der Waals surface area contributed by atoms with E-state index in [0.29, 0.717) is 17.0 Å². The summed E-state index contributed by atoms with van der Waals surface area (Å²) >= 11 is 1.58. The Balaban J connectivity index is 1.51. The van der Waals surface area contributed by atoms with Crippen molar-refractivity contribution in [3.63, 3.8) is 0 Å². The lowest BCUT2D eigenvalue weighted by molar-refractivity contribution is -0.115. The Morgan fingerprint density at radius 1 is 1.07 bits per heavy atom. The van der Waals surface area contributed by atoms with Gasteiger partial charge in [-0.1, -0.05) is 24.3 Å². The van der Waals surface area contributed by atoms with Gasteiger partial charge in [-0.15, -0.1) is 11.8 Å². The molecular formula is C23H19FN2O2S. The van der Waals surface area contributed by atoms with Crippen molar-refractivity contribution in [1.29, 1.82) is 0 Å². The predicted octanol–water partition coefficient (Wildman–Crippen LogP) is 5.17. The van der Waals surface area contributed by atoms with Gasteiger partial charge in [-0.2, -0.15) is 0 Å². The Morgan fingerprint density at radius 2 is 1.79 bits per heavy atom. The van der Waals surface area contributed by atoms with Crippen LogP contribution in [0.25, 0.3) is 0 Å². The molecule has 3 aromatic carbocycles. The molecule has 0 spiro atoms. The predicted molar refractivity (Wildman–Crippen MR) is 115 cm³/mol. The Labute approximate surface area is 172 Å². The summed E-state index contributed by atoms with van der Waals surface area (Å²) in [4.78, 5) is 26.6. The first kappa shape index (κ1) is 19.2. The summed E-state index contributed by atoms with van der Waals surface area (Å²) in [6.07, 6.45) is 0. The molecule has 0 aromatic heterocycles. The van der Waals surface area contributed by atoms with E-state index in [1.165, 1.54) is 24.3 Å². The standard InChI is InChI=1S/C23H19FN2O2S/c1-15-3-2-4-20(13-15)26-21(27)14-29-23(26)17-7-11-19(12-8-17)25-22(28)16-5-9-18(24)10-6-16/h2-13,23H,14H2,1H3,(H,25,28)/t23-/m0/s1. The largest absolute Gasteiger partial charge is 0.322 e. The van der Waals surface area contributed by atoms with Crippen molar-refractivity contribution in [1.82, 2.24) is 0 Å². The first-order valence-electron chi connectivity index (χ1n) is 9.18. The number of anilines is 2. The minimum absolute atomic E-state index is 0.0827. The van der Waals surface area contributed by atoms with E-state index in [0.717, 1.165) is 16.8 Å². The van der Waals surface area contributed by atoms with E-state index in [-0.39, 0.29) is 23.0 Å². The van der Waals surface area contributed by atoms with E-state index in [9.17, 15) is 14.0 Å². The van der Waals surface area contributed by atoms with Gasteiger partial charge in [-0.25, -0.2) is 4.39 Å². The van der Waals surface area contributed by atoms with Crippen LogP contribution in [-0.4, -0.2) is 17.6 Å². The zero-order valence-corrected chi connectivity index (χ0v) is 16.6. The summed E-state index contributed by atoms with van der Waals surface area (Å²) in [5.41, 5.74) is 4.00. The van der Waals surface area contributed by atoms with E-state index >= 15 is 0 Å². The minimum Gasteiger partial charge on any atom is -0.322 e. The first-order valence-corrected chi connectivity index (χ1v) is 10.2. The molecule has 1 heterocycles. The molecule has 3 aromatic rings. The fourth-order valence-corrected chi connectivity index (χ4v) is 4.44. The fraction of sp³-hybridized carbons (Fsp3) is 0.130. The van der Waals surface area contributed by atoms with Gasteiger partial charge >= 0.3 is 0 Å². The van der Waals surface area contributed by atoms with E-state index in [1.807, 2.05) is 60.4 Å². The monoisotopic (exact) mass is 406 g/mol. The van der Waals surface area contributed by atoms with Crippen molar-refractivity contribution >= 4 is 35.0 Å². The smallest absolute Gasteiger partial charge is 0.255 e. The van der Waals surface area contributed by atoms with Gasteiger partial charge < -0.3 is 5.32 Å². The molecule has 1 fully saturated rings. The van der Waals surface area contributed by atoms with Gasteiger partial charge in [-0.05, 0) is 66.6 Å². The maximum atomic E-state index is 13.0. The highest BCUT2D eigenvalue weighted by Crippen LogP contribution is 2.42. The lowest BCUT2D eigenvalue weighted by Crippen LogP contribution is -2.27. The van der Waals surface area contributed by atoms with Crippen LogP contribution in [0.4, 0.5) is 15.8 Å². The molecule has 146 valence electrons. The van der Waals surface area contributed by atoms with Crippen LogP contribution in [-0.2, 0) is 4.79 Å². The fourth-order valence-electron chi connectivity index (χ4n) is 3.26. The van der Waals surface area contributed by atoms with Crippen LogP contribution in [0.5, 0.6) is 0 Å². The van der Waals surface area contributed by atoms with Crippen LogP contribution >= 0.6 is 11.8 Å². The van der Waals surface area contributed by atoms with Crippen LogP contribution < -0.4 is 10.2 Å². The third-order valence-electron chi connectivity index (χ3n) is 4.71. The molecule has 1 N–H and O–H groups in total. The van der Waals surface area contributed by atoms with Gasteiger partial charge in [0.05, 0.1) is 5.75 Å². The van der Waals surface area contributed by atoms with Crippen molar-refractivity contribution in [3.8, 4) is 0 Å². The summed E-state index contributed by atoms with van der Waals surface area (Å²) in [5.74, 6) is -0.168.